The van der Waals surface area contributed by atoms with Gasteiger partial charge in [0.2, 0.25) is 17.7 Å². The van der Waals surface area contributed by atoms with Gasteiger partial charge in [-0.3, -0.25) is 14.4 Å². The minimum Gasteiger partial charge on any atom is -0.345 e. The summed E-state index contributed by atoms with van der Waals surface area (Å²) in [5, 5.41) is 8.08. The average molecular weight is 426 g/mol. The number of carbonyl (C=O) groups is 3. The fourth-order valence-corrected chi connectivity index (χ4v) is 2.59. The molecular formula is C19H28BrN3O3. The second kappa shape index (κ2) is 10.3. The van der Waals surface area contributed by atoms with Gasteiger partial charge in [-0.05, 0) is 42.5 Å². The number of aryl methyl sites for hydroxylation is 1. The van der Waals surface area contributed by atoms with Gasteiger partial charge in [-0.1, -0.05) is 43.6 Å². The molecule has 7 heteroatoms. The summed E-state index contributed by atoms with van der Waals surface area (Å²) in [6.45, 7) is 9.36. The first-order valence-electron chi connectivity index (χ1n) is 8.73. The molecule has 1 unspecified atom stereocenters. The smallest absolute Gasteiger partial charge is 0.243 e. The van der Waals surface area contributed by atoms with Crippen LogP contribution in [0, 0.1) is 18.8 Å². The third-order valence-corrected chi connectivity index (χ3v) is 4.61. The molecule has 144 valence electrons. The molecule has 0 radical (unpaired) electrons. The highest BCUT2D eigenvalue weighted by molar-refractivity contribution is 9.10. The van der Waals surface area contributed by atoms with Crippen molar-refractivity contribution in [3.63, 3.8) is 0 Å². The van der Waals surface area contributed by atoms with Gasteiger partial charge < -0.3 is 16.0 Å². The quantitative estimate of drug-likeness (QED) is 0.597. The Hall–Kier alpha value is -1.89. The van der Waals surface area contributed by atoms with Crippen molar-refractivity contribution in [3.05, 3.63) is 28.2 Å². The van der Waals surface area contributed by atoms with E-state index in [0.717, 1.165) is 10.0 Å². The van der Waals surface area contributed by atoms with E-state index in [1.54, 1.807) is 6.07 Å². The lowest BCUT2D eigenvalue weighted by atomic mass is 10.0. The van der Waals surface area contributed by atoms with Crippen molar-refractivity contribution in [2.45, 2.75) is 47.1 Å². The fraction of sp³-hybridized carbons (Fsp3) is 0.526. The summed E-state index contributed by atoms with van der Waals surface area (Å²) in [4.78, 5) is 36.3. The number of hydrogen-bond acceptors (Lipinski definition) is 3. The van der Waals surface area contributed by atoms with Crippen molar-refractivity contribution < 1.29 is 14.4 Å². The molecule has 0 fully saturated rings. The van der Waals surface area contributed by atoms with Gasteiger partial charge >= 0.3 is 0 Å². The minimum absolute atomic E-state index is 0.0803. The third-order valence-electron chi connectivity index (χ3n) is 3.72. The maximum absolute atomic E-state index is 12.3. The molecule has 0 heterocycles. The van der Waals surface area contributed by atoms with Gasteiger partial charge in [-0.15, -0.1) is 0 Å². The summed E-state index contributed by atoms with van der Waals surface area (Å²) in [6, 6.07) is 4.80. The number of carbonyl (C=O) groups excluding carboxylic acids is 3. The molecular weight excluding hydrogens is 398 g/mol. The largest absolute Gasteiger partial charge is 0.345 e. The van der Waals surface area contributed by atoms with Crippen LogP contribution in [0.5, 0.6) is 0 Å². The van der Waals surface area contributed by atoms with Crippen LogP contribution in [0.3, 0.4) is 0 Å². The molecule has 6 nitrogen and oxygen atoms in total. The van der Waals surface area contributed by atoms with Crippen molar-refractivity contribution in [1.29, 1.82) is 0 Å². The number of halogens is 1. The third kappa shape index (κ3) is 7.56. The number of hydrogen-bond donors (Lipinski definition) is 3. The summed E-state index contributed by atoms with van der Waals surface area (Å²) in [5.74, 6) is -0.715. The predicted octanol–water partition coefficient (Wildman–Crippen LogP) is 3.00. The normalized spacial score (nSPS) is 12.0. The minimum atomic E-state index is -0.663. The van der Waals surface area contributed by atoms with Crippen LogP contribution < -0.4 is 16.0 Å². The molecule has 1 aromatic carbocycles. The molecule has 3 amide bonds. The number of benzene rings is 1. The Morgan fingerprint density at radius 1 is 1.08 bits per heavy atom. The Morgan fingerprint density at radius 2 is 1.73 bits per heavy atom. The predicted molar refractivity (Wildman–Crippen MR) is 107 cm³/mol. The van der Waals surface area contributed by atoms with Gasteiger partial charge in [-0.25, -0.2) is 0 Å². The lowest BCUT2D eigenvalue weighted by Gasteiger charge is -2.22. The van der Waals surface area contributed by atoms with Crippen LogP contribution in [0.25, 0.3) is 0 Å². The monoisotopic (exact) mass is 425 g/mol. The summed E-state index contributed by atoms with van der Waals surface area (Å²) in [6.07, 6.45) is 0.361. The average Bonchev–Trinajstić information content (AvgIpc) is 2.53. The number of rotatable bonds is 8. The summed E-state index contributed by atoms with van der Waals surface area (Å²) in [7, 11) is 0. The van der Waals surface area contributed by atoms with Crippen LogP contribution in [-0.4, -0.2) is 30.3 Å². The Bertz CT molecular complexity index is 659. The highest BCUT2D eigenvalue weighted by Crippen LogP contribution is 2.19. The van der Waals surface area contributed by atoms with E-state index >= 15 is 0 Å². The van der Waals surface area contributed by atoms with E-state index < -0.39 is 6.04 Å². The Kier molecular flexibility index (Phi) is 8.78. The Morgan fingerprint density at radius 3 is 2.27 bits per heavy atom. The van der Waals surface area contributed by atoms with E-state index in [0.29, 0.717) is 12.1 Å². The molecule has 3 N–H and O–H groups in total. The van der Waals surface area contributed by atoms with Crippen molar-refractivity contribution in [2.75, 3.05) is 11.9 Å². The van der Waals surface area contributed by atoms with Gasteiger partial charge in [0.1, 0.15) is 6.04 Å². The Labute approximate surface area is 163 Å². The second-order valence-corrected chi connectivity index (χ2v) is 7.97. The van der Waals surface area contributed by atoms with Crippen LogP contribution in [0.2, 0.25) is 0 Å². The zero-order valence-corrected chi connectivity index (χ0v) is 17.6. The Balaban J connectivity index is 2.56. The van der Waals surface area contributed by atoms with Crippen molar-refractivity contribution in [3.8, 4) is 0 Å². The molecule has 1 atom stereocenters. The molecule has 26 heavy (non-hydrogen) atoms. The van der Waals surface area contributed by atoms with E-state index in [1.165, 1.54) is 0 Å². The first-order valence-corrected chi connectivity index (χ1v) is 9.52. The molecule has 0 aliphatic rings. The highest BCUT2D eigenvalue weighted by Gasteiger charge is 2.24. The lowest BCUT2D eigenvalue weighted by Crippen LogP contribution is -2.51. The molecule has 0 bridgehead atoms. The van der Waals surface area contributed by atoms with Gasteiger partial charge in [0.05, 0.1) is 6.54 Å². The van der Waals surface area contributed by atoms with Crippen molar-refractivity contribution in [2.24, 2.45) is 11.8 Å². The topological polar surface area (TPSA) is 87.3 Å². The molecule has 1 aromatic rings. The molecule has 0 saturated carbocycles. The van der Waals surface area contributed by atoms with Crippen molar-refractivity contribution >= 4 is 39.3 Å². The van der Waals surface area contributed by atoms with E-state index in [9.17, 15) is 14.4 Å². The summed E-state index contributed by atoms with van der Waals surface area (Å²) >= 11 is 3.40. The van der Waals surface area contributed by atoms with Crippen LogP contribution in [0.15, 0.2) is 22.7 Å². The molecule has 0 aliphatic carbocycles. The molecule has 0 aliphatic heterocycles. The van der Waals surface area contributed by atoms with E-state index in [4.69, 9.17) is 0 Å². The maximum atomic E-state index is 12.3. The highest BCUT2D eigenvalue weighted by atomic mass is 79.9. The first-order chi connectivity index (χ1) is 12.1. The van der Waals surface area contributed by atoms with Gasteiger partial charge in [0.15, 0.2) is 0 Å². The standard InChI is InChI=1S/C19H28BrN3O3/c1-11(2)8-16(24)23-18(12(3)4)19(26)21-10-17(25)22-14-6-7-15(20)13(5)9-14/h6-7,9,11-12,18H,8,10H2,1-5H3,(H,21,26)(H,22,25)(H,23,24). The number of amides is 3. The molecule has 0 saturated heterocycles. The van der Waals surface area contributed by atoms with Gasteiger partial charge in [-0.2, -0.15) is 0 Å². The van der Waals surface area contributed by atoms with Crippen LogP contribution in [-0.2, 0) is 14.4 Å². The van der Waals surface area contributed by atoms with E-state index in [1.807, 2.05) is 46.8 Å². The second-order valence-electron chi connectivity index (χ2n) is 7.12. The van der Waals surface area contributed by atoms with Crippen LogP contribution >= 0.6 is 15.9 Å². The van der Waals surface area contributed by atoms with E-state index in [2.05, 4.69) is 31.9 Å². The maximum Gasteiger partial charge on any atom is 0.243 e. The SMILES string of the molecule is Cc1cc(NC(=O)CNC(=O)C(NC(=O)CC(C)C)C(C)C)ccc1Br. The summed E-state index contributed by atoms with van der Waals surface area (Å²) < 4.78 is 0.959. The number of nitrogens with one attached hydrogen (secondary N) is 3. The molecule has 0 spiro atoms. The van der Waals surface area contributed by atoms with E-state index in [-0.39, 0.29) is 36.1 Å². The molecule has 0 aromatic heterocycles. The van der Waals surface area contributed by atoms with Gasteiger partial charge in [0.25, 0.3) is 0 Å². The van der Waals surface area contributed by atoms with Gasteiger partial charge in [0, 0.05) is 16.6 Å². The van der Waals surface area contributed by atoms with Crippen LogP contribution in [0.1, 0.15) is 39.7 Å². The zero-order valence-electron chi connectivity index (χ0n) is 16.0. The zero-order chi connectivity index (χ0) is 19.9. The molecule has 1 rings (SSSR count). The fourth-order valence-electron chi connectivity index (χ4n) is 2.34. The van der Waals surface area contributed by atoms with Crippen LogP contribution in [0.4, 0.5) is 5.69 Å². The lowest BCUT2D eigenvalue weighted by molar-refractivity contribution is -0.131. The first kappa shape index (κ1) is 22.2. The van der Waals surface area contributed by atoms with Crippen molar-refractivity contribution in [1.82, 2.24) is 10.6 Å². The number of anilines is 1. The summed E-state index contributed by atoms with van der Waals surface area (Å²) in [5.41, 5.74) is 1.66.